The summed E-state index contributed by atoms with van der Waals surface area (Å²) >= 11 is 0. The van der Waals surface area contributed by atoms with Gasteiger partial charge >= 0.3 is 0 Å². The predicted octanol–water partition coefficient (Wildman–Crippen LogP) is 3.52. The Morgan fingerprint density at radius 3 is 2.40 bits per heavy atom. The van der Waals surface area contributed by atoms with Crippen LogP contribution < -0.4 is 5.32 Å². The van der Waals surface area contributed by atoms with E-state index < -0.39 is 0 Å². The summed E-state index contributed by atoms with van der Waals surface area (Å²) in [5, 5.41) is 12.7. The summed E-state index contributed by atoms with van der Waals surface area (Å²) in [6, 6.07) is 16.6. The Bertz CT molecular complexity index is 657. The van der Waals surface area contributed by atoms with Crippen LogP contribution in [0, 0.1) is 0 Å². The van der Waals surface area contributed by atoms with Crippen molar-refractivity contribution in [3.63, 3.8) is 0 Å². The van der Waals surface area contributed by atoms with Crippen LogP contribution in [-0.4, -0.2) is 16.0 Å². The molecule has 4 heteroatoms. The van der Waals surface area contributed by atoms with Crippen molar-refractivity contribution in [3.05, 3.63) is 60.8 Å². The Balaban J connectivity index is 0.000000149. The number of fused-ring (bicyclic) bond motifs is 1. The number of anilines is 1. The number of carbonyl (C=O) groups excluding carboxylic acids is 1. The number of para-hydroxylation sites is 1. The number of amides is 1. The highest BCUT2D eigenvalue weighted by molar-refractivity contribution is 5.88. The van der Waals surface area contributed by atoms with Crippen molar-refractivity contribution in [1.29, 1.82) is 0 Å². The minimum absolute atomic E-state index is 0.115. The molecule has 1 heterocycles. The number of hydrogen-bond donors (Lipinski definition) is 3. The molecule has 0 aliphatic heterocycles. The second kappa shape index (κ2) is 6.43. The van der Waals surface area contributed by atoms with Gasteiger partial charge in [0.05, 0.1) is 0 Å². The van der Waals surface area contributed by atoms with E-state index in [2.05, 4.69) is 28.5 Å². The third-order valence-corrected chi connectivity index (χ3v) is 2.65. The highest BCUT2D eigenvalue weighted by atomic mass is 16.3. The molecule has 0 fully saturated rings. The van der Waals surface area contributed by atoms with Crippen LogP contribution >= 0.6 is 0 Å². The predicted molar refractivity (Wildman–Crippen MR) is 80.7 cm³/mol. The van der Waals surface area contributed by atoms with Gasteiger partial charge in [-0.2, -0.15) is 0 Å². The minimum Gasteiger partial charge on any atom is -0.508 e. The van der Waals surface area contributed by atoms with E-state index in [1.807, 2.05) is 18.3 Å². The van der Waals surface area contributed by atoms with Crippen molar-refractivity contribution in [2.75, 3.05) is 5.32 Å². The summed E-state index contributed by atoms with van der Waals surface area (Å²) in [5.41, 5.74) is 1.90. The lowest BCUT2D eigenvalue weighted by molar-refractivity contribution is -0.114. The number of phenolic OH excluding ortho intramolecular Hbond substituents is 1. The summed E-state index contributed by atoms with van der Waals surface area (Å²) in [6.45, 7) is 1.44. The number of rotatable bonds is 1. The van der Waals surface area contributed by atoms with Crippen LogP contribution in [0.5, 0.6) is 5.75 Å². The number of carbonyl (C=O) groups is 1. The Hall–Kier alpha value is -2.75. The van der Waals surface area contributed by atoms with E-state index in [0.717, 1.165) is 0 Å². The van der Waals surface area contributed by atoms with Crippen molar-refractivity contribution in [3.8, 4) is 5.75 Å². The molecule has 3 aromatic rings. The van der Waals surface area contributed by atoms with Crippen molar-refractivity contribution in [2.24, 2.45) is 0 Å². The van der Waals surface area contributed by atoms with Gasteiger partial charge in [0.15, 0.2) is 0 Å². The maximum Gasteiger partial charge on any atom is 0.221 e. The molecule has 0 aliphatic rings. The molecule has 4 nitrogen and oxygen atoms in total. The molecule has 20 heavy (non-hydrogen) atoms. The average molecular weight is 268 g/mol. The summed E-state index contributed by atoms with van der Waals surface area (Å²) in [5.74, 6) is 0.0785. The molecule has 0 saturated carbocycles. The highest BCUT2D eigenvalue weighted by Crippen LogP contribution is 2.13. The number of aromatic amines is 1. The molecule has 3 rings (SSSR count). The molecule has 102 valence electrons. The Kier molecular flexibility index (Phi) is 4.39. The summed E-state index contributed by atoms with van der Waals surface area (Å²) < 4.78 is 0. The molecule has 1 aromatic heterocycles. The molecule has 0 radical (unpaired) electrons. The molecule has 0 unspecified atom stereocenters. The van der Waals surface area contributed by atoms with E-state index in [9.17, 15) is 4.79 Å². The summed E-state index contributed by atoms with van der Waals surface area (Å²) in [6.07, 6.45) is 1.95. The van der Waals surface area contributed by atoms with Gasteiger partial charge in [0, 0.05) is 24.3 Å². The van der Waals surface area contributed by atoms with E-state index in [0.29, 0.717) is 5.69 Å². The number of phenols is 1. The molecule has 1 amide bonds. The number of benzene rings is 2. The molecule has 0 saturated heterocycles. The lowest BCUT2D eigenvalue weighted by atomic mass is 10.3. The Morgan fingerprint density at radius 1 is 1.05 bits per heavy atom. The second-order valence-corrected chi connectivity index (χ2v) is 4.29. The van der Waals surface area contributed by atoms with Crippen LogP contribution in [0.3, 0.4) is 0 Å². The highest BCUT2D eigenvalue weighted by Gasteiger charge is 1.93. The van der Waals surface area contributed by atoms with Gasteiger partial charge in [-0.15, -0.1) is 0 Å². The van der Waals surface area contributed by atoms with Gasteiger partial charge in [-0.3, -0.25) is 4.79 Å². The largest absolute Gasteiger partial charge is 0.508 e. The topological polar surface area (TPSA) is 65.1 Å². The van der Waals surface area contributed by atoms with Crippen LogP contribution in [-0.2, 0) is 4.79 Å². The average Bonchev–Trinajstić information content (AvgIpc) is 2.90. The molecule has 0 atom stereocenters. The van der Waals surface area contributed by atoms with Gasteiger partial charge in [-0.25, -0.2) is 0 Å². The second-order valence-electron chi connectivity index (χ2n) is 4.29. The fourth-order valence-corrected chi connectivity index (χ4v) is 1.74. The molecule has 0 bridgehead atoms. The van der Waals surface area contributed by atoms with E-state index in [-0.39, 0.29) is 11.7 Å². The minimum atomic E-state index is -0.115. The van der Waals surface area contributed by atoms with Gasteiger partial charge in [0.1, 0.15) is 5.75 Å². The number of hydrogen-bond acceptors (Lipinski definition) is 2. The third kappa shape index (κ3) is 3.88. The fraction of sp³-hybridized carbons (Fsp3) is 0.0625. The van der Waals surface area contributed by atoms with Gasteiger partial charge in [0.25, 0.3) is 0 Å². The van der Waals surface area contributed by atoms with Gasteiger partial charge in [-0.1, -0.05) is 18.2 Å². The zero-order chi connectivity index (χ0) is 14.4. The Labute approximate surface area is 117 Å². The molecular formula is C16H16N2O2. The molecule has 2 aromatic carbocycles. The van der Waals surface area contributed by atoms with Crippen LogP contribution in [0.4, 0.5) is 5.69 Å². The van der Waals surface area contributed by atoms with Gasteiger partial charge in [-0.05, 0) is 41.8 Å². The quantitative estimate of drug-likeness (QED) is 0.591. The lowest BCUT2D eigenvalue weighted by Gasteiger charge is -1.99. The van der Waals surface area contributed by atoms with Crippen molar-refractivity contribution < 1.29 is 9.90 Å². The summed E-state index contributed by atoms with van der Waals surface area (Å²) in [7, 11) is 0. The molecular weight excluding hydrogens is 252 g/mol. The first-order valence-corrected chi connectivity index (χ1v) is 6.24. The standard InChI is InChI=1S/C8H9NO2.C8H7N/c1-6(10)9-7-2-4-8(11)5-3-7;1-2-4-8-7(3-1)5-6-9-8/h2-5,11H,1H3,(H,9,10);1-6,9H. The SMILES string of the molecule is CC(=O)Nc1ccc(O)cc1.c1ccc2[nH]ccc2c1. The Morgan fingerprint density at radius 2 is 1.75 bits per heavy atom. The monoisotopic (exact) mass is 268 g/mol. The number of aromatic hydroxyl groups is 1. The zero-order valence-electron chi connectivity index (χ0n) is 11.1. The van der Waals surface area contributed by atoms with Gasteiger partial charge in [0.2, 0.25) is 5.91 Å². The maximum atomic E-state index is 10.5. The van der Waals surface area contributed by atoms with Crippen LogP contribution in [0.1, 0.15) is 6.92 Å². The lowest BCUT2D eigenvalue weighted by Crippen LogP contribution is -2.04. The number of aromatic nitrogens is 1. The third-order valence-electron chi connectivity index (χ3n) is 2.65. The van der Waals surface area contributed by atoms with Gasteiger partial charge < -0.3 is 15.4 Å². The molecule has 3 N–H and O–H groups in total. The first kappa shape index (κ1) is 13.7. The van der Waals surface area contributed by atoms with E-state index in [4.69, 9.17) is 5.11 Å². The van der Waals surface area contributed by atoms with Crippen molar-refractivity contribution >= 4 is 22.5 Å². The first-order valence-electron chi connectivity index (χ1n) is 6.24. The van der Waals surface area contributed by atoms with Crippen LogP contribution in [0.2, 0.25) is 0 Å². The van der Waals surface area contributed by atoms with Crippen LogP contribution in [0.15, 0.2) is 60.8 Å². The number of H-pyrrole nitrogens is 1. The van der Waals surface area contributed by atoms with Crippen molar-refractivity contribution in [1.82, 2.24) is 4.98 Å². The smallest absolute Gasteiger partial charge is 0.221 e. The molecule has 0 spiro atoms. The molecule has 0 aliphatic carbocycles. The summed E-state index contributed by atoms with van der Waals surface area (Å²) in [4.78, 5) is 13.6. The normalized spacial score (nSPS) is 9.65. The number of nitrogens with one attached hydrogen (secondary N) is 2. The first-order chi connectivity index (χ1) is 9.65. The van der Waals surface area contributed by atoms with Crippen molar-refractivity contribution in [2.45, 2.75) is 6.92 Å². The zero-order valence-corrected chi connectivity index (χ0v) is 11.1. The maximum absolute atomic E-state index is 10.5. The van der Waals surface area contributed by atoms with Crippen LogP contribution in [0.25, 0.3) is 10.9 Å². The fourth-order valence-electron chi connectivity index (χ4n) is 1.74. The van der Waals surface area contributed by atoms with E-state index in [1.54, 1.807) is 12.1 Å². The van der Waals surface area contributed by atoms with E-state index >= 15 is 0 Å². The van der Waals surface area contributed by atoms with E-state index in [1.165, 1.54) is 30.0 Å².